The summed E-state index contributed by atoms with van der Waals surface area (Å²) in [5.41, 5.74) is 6.12. The van der Waals surface area contributed by atoms with Gasteiger partial charge in [-0.2, -0.15) is 5.10 Å². The van der Waals surface area contributed by atoms with Gasteiger partial charge in [-0.25, -0.2) is 0 Å². The van der Waals surface area contributed by atoms with Crippen LogP contribution in [0.2, 0.25) is 0 Å². The molecule has 1 amide bonds. The largest absolute Gasteiger partial charge is 0.364 e. The van der Waals surface area contributed by atoms with E-state index in [0.717, 1.165) is 11.8 Å². The number of carbonyl (C=O) groups is 2. The predicted octanol–water partition coefficient (Wildman–Crippen LogP) is 0.334. The van der Waals surface area contributed by atoms with E-state index >= 15 is 0 Å². The molecule has 0 aliphatic rings. The van der Waals surface area contributed by atoms with Crippen molar-refractivity contribution in [3.8, 4) is 0 Å². The number of amides is 1. The molecular weight excluding hydrogens is 194 g/mol. The van der Waals surface area contributed by atoms with Gasteiger partial charge in [-0.3, -0.25) is 9.48 Å². The Kier molecular flexibility index (Phi) is 2.21. The summed E-state index contributed by atoms with van der Waals surface area (Å²) in [5, 5.41) is 4.66. The Balaban J connectivity index is 2.72. The molecule has 1 aromatic heterocycles. The maximum Gasteiger partial charge on any atom is 0.269 e. The maximum absolute atomic E-state index is 11.1. The fourth-order valence-electron chi connectivity index (χ4n) is 1.52. The van der Waals surface area contributed by atoms with Crippen molar-refractivity contribution < 1.29 is 9.59 Å². The number of hydrogen-bond acceptors (Lipinski definition) is 3. The van der Waals surface area contributed by atoms with Crippen LogP contribution in [0.15, 0.2) is 24.3 Å². The van der Waals surface area contributed by atoms with E-state index < -0.39 is 5.91 Å². The van der Waals surface area contributed by atoms with Gasteiger partial charge in [0.15, 0.2) is 5.69 Å². The number of benzene rings is 1. The van der Waals surface area contributed by atoms with Crippen molar-refractivity contribution >= 4 is 23.1 Å². The predicted molar refractivity (Wildman–Crippen MR) is 54.3 cm³/mol. The van der Waals surface area contributed by atoms with Crippen LogP contribution in [0.25, 0.3) is 10.9 Å². The second kappa shape index (κ2) is 3.53. The summed E-state index contributed by atoms with van der Waals surface area (Å²) in [6, 6.07) is 7.15. The van der Waals surface area contributed by atoms with Crippen LogP contribution in [-0.4, -0.2) is 22.0 Å². The first-order valence-electron chi connectivity index (χ1n) is 4.43. The lowest BCUT2D eigenvalue weighted by molar-refractivity contribution is -0.108. The number of para-hydroxylation sites is 1. The molecule has 2 aromatic rings. The highest BCUT2D eigenvalue weighted by atomic mass is 16.1. The molecule has 0 bridgehead atoms. The van der Waals surface area contributed by atoms with Gasteiger partial charge in [0.25, 0.3) is 5.91 Å². The minimum atomic E-state index is -0.587. The molecule has 76 valence electrons. The van der Waals surface area contributed by atoms with Crippen molar-refractivity contribution in [1.29, 1.82) is 0 Å². The fraction of sp³-hybridized carbons (Fsp3) is 0.100. The Bertz CT molecular complexity index is 530. The molecule has 0 spiro atoms. The van der Waals surface area contributed by atoms with Crippen LogP contribution < -0.4 is 5.73 Å². The van der Waals surface area contributed by atoms with Gasteiger partial charge in [-0.15, -0.1) is 0 Å². The van der Waals surface area contributed by atoms with E-state index in [2.05, 4.69) is 5.10 Å². The van der Waals surface area contributed by atoms with E-state index in [9.17, 15) is 9.59 Å². The van der Waals surface area contributed by atoms with Crippen molar-refractivity contribution in [2.24, 2.45) is 5.73 Å². The fourth-order valence-corrected chi connectivity index (χ4v) is 1.52. The van der Waals surface area contributed by atoms with E-state index in [1.807, 2.05) is 6.07 Å². The number of carbonyl (C=O) groups excluding carboxylic acids is 2. The molecule has 5 nitrogen and oxygen atoms in total. The number of rotatable bonds is 3. The Labute approximate surface area is 85.5 Å². The van der Waals surface area contributed by atoms with E-state index in [1.165, 1.54) is 4.68 Å². The van der Waals surface area contributed by atoms with Gasteiger partial charge < -0.3 is 10.5 Å². The van der Waals surface area contributed by atoms with E-state index in [4.69, 9.17) is 5.73 Å². The minimum absolute atomic E-state index is 0.119. The summed E-state index contributed by atoms with van der Waals surface area (Å²) in [6.07, 6.45) is 0.726. The number of fused-ring (bicyclic) bond motifs is 1. The average Bonchev–Trinajstić information content (AvgIpc) is 2.59. The van der Waals surface area contributed by atoms with Gasteiger partial charge in [-0.1, -0.05) is 18.2 Å². The molecule has 2 rings (SSSR count). The number of aldehydes is 1. The third-order valence-electron chi connectivity index (χ3n) is 2.14. The van der Waals surface area contributed by atoms with Gasteiger partial charge >= 0.3 is 0 Å². The summed E-state index contributed by atoms with van der Waals surface area (Å²) in [7, 11) is 0. The Morgan fingerprint density at radius 3 is 2.87 bits per heavy atom. The first-order valence-corrected chi connectivity index (χ1v) is 4.43. The number of primary amides is 1. The SMILES string of the molecule is NC(=O)c1nn(CC=O)c2ccccc12. The smallest absolute Gasteiger partial charge is 0.269 e. The molecule has 0 radical (unpaired) electrons. The molecule has 0 aliphatic heterocycles. The molecule has 0 fully saturated rings. The summed E-state index contributed by atoms with van der Waals surface area (Å²) < 4.78 is 1.46. The van der Waals surface area contributed by atoms with Crippen LogP contribution in [-0.2, 0) is 11.3 Å². The first kappa shape index (κ1) is 9.39. The Morgan fingerprint density at radius 2 is 2.20 bits per heavy atom. The van der Waals surface area contributed by atoms with E-state index in [0.29, 0.717) is 5.39 Å². The summed E-state index contributed by atoms with van der Waals surface area (Å²) in [5.74, 6) is -0.587. The highest BCUT2D eigenvalue weighted by molar-refractivity contribution is 6.04. The lowest BCUT2D eigenvalue weighted by Crippen LogP contribution is -2.13. The third kappa shape index (κ3) is 1.48. The van der Waals surface area contributed by atoms with Gasteiger partial charge in [0.1, 0.15) is 6.29 Å². The first-order chi connectivity index (χ1) is 7.24. The van der Waals surface area contributed by atoms with Crippen LogP contribution in [0.3, 0.4) is 0 Å². The quantitative estimate of drug-likeness (QED) is 0.730. The second-order valence-corrected chi connectivity index (χ2v) is 3.08. The lowest BCUT2D eigenvalue weighted by Gasteiger charge is -1.94. The number of nitrogens with two attached hydrogens (primary N) is 1. The summed E-state index contributed by atoms with van der Waals surface area (Å²) in [6.45, 7) is 0.119. The molecular formula is C10H9N3O2. The van der Waals surface area contributed by atoms with E-state index in [1.54, 1.807) is 18.2 Å². The molecule has 0 aliphatic carbocycles. The number of aromatic nitrogens is 2. The summed E-state index contributed by atoms with van der Waals surface area (Å²) in [4.78, 5) is 21.5. The maximum atomic E-state index is 11.1. The molecule has 0 unspecified atom stereocenters. The van der Waals surface area contributed by atoms with Gasteiger partial charge in [0.05, 0.1) is 12.1 Å². The Morgan fingerprint density at radius 1 is 1.47 bits per heavy atom. The van der Waals surface area contributed by atoms with Crippen LogP contribution >= 0.6 is 0 Å². The van der Waals surface area contributed by atoms with Crippen LogP contribution in [0, 0.1) is 0 Å². The minimum Gasteiger partial charge on any atom is -0.364 e. The Hall–Kier alpha value is -2.17. The standard InChI is InChI=1S/C10H9N3O2/c11-10(15)9-7-3-1-2-4-8(7)13(12-9)5-6-14/h1-4,6H,5H2,(H2,11,15). The number of nitrogens with zero attached hydrogens (tertiary/aromatic N) is 2. The van der Waals surface area contributed by atoms with Crippen LogP contribution in [0.5, 0.6) is 0 Å². The zero-order valence-electron chi connectivity index (χ0n) is 7.88. The van der Waals surface area contributed by atoms with Crippen molar-refractivity contribution in [3.63, 3.8) is 0 Å². The van der Waals surface area contributed by atoms with Gasteiger partial charge in [0, 0.05) is 5.39 Å². The average molecular weight is 203 g/mol. The molecule has 0 atom stereocenters. The van der Waals surface area contributed by atoms with Crippen molar-refractivity contribution in [2.45, 2.75) is 6.54 Å². The van der Waals surface area contributed by atoms with E-state index in [-0.39, 0.29) is 12.2 Å². The zero-order valence-corrected chi connectivity index (χ0v) is 7.88. The normalized spacial score (nSPS) is 10.4. The molecule has 0 saturated carbocycles. The third-order valence-corrected chi connectivity index (χ3v) is 2.14. The van der Waals surface area contributed by atoms with Crippen LogP contribution in [0.1, 0.15) is 10.5 Å². The van der Waals surface area contributed by atoms with Crippen molar-refractivity contribution in [1.82, 2.24) is 9.78 Å². The highest BCUT2D eigenvalue weighted by Crippen LogP contribution is 2.17. The highest BCUT2D eigenvalue weighted by Gasteiger charge is 2.13. The van der Waals surface area contributed by atoms with Crippen molar-refractivity contribution in [2.75, 3.05) is 0 Å². The molecule has 1 aromatic carbocycles. The topological polar surface area (TPSA) is 78.0 Å². The molecule has 0 saturated heterocycles. The van der Waals surface area contributed by atoms with Gasteiger partial charge in [0.2, 0.25) is 0 Å². The lowest BCUT2D eigenvalue weighted by atomic mass is 10.2. The van der Waals surface area contributed by atoms with Gasteiger partial charge in [-0.05, 0) is 6.07 Å². The monoisotopic (exact) mass is 203 g/mol. The molecule has 2 N–H and O–H groups in total. The molecule has 1 heterocycles. The molecule has 15 heavy (non-hydrogen) atoms. The molecule has 5 heteroatoms. The zero-order chi connectivity index (χ0) is 10.8. The number of hydrogen-bond donors (Lipinski definition) is 1. The van der Waals surface area contributed by atoms with Crippen LogP contribution in [0.4, 0.5) is 0 Å². The summed E-state index contributed by atoms with van der Waals surface area (Å²) >= 11 is 0. The second-order valence-electron chi connectivity index (χ2n) is 3.08. The van der Waals surface area contributed by atoms with Crippen molar-refractivity contribution in [3.05, 3.63) is 30.0 Å².